The number of alkyl halides is 3. The van der Waals surface area contributed by atoms with Gasteiger partial charge >= 0.3 is 30.1 Å². The minimum atomic E-state index is -4.96. The molecule has 0 aliphatic heterocycles. The summed E-state index contributed by atoms with van der Waals surface area (Å²) in [6.07, 6.45) is 4.06. The topological polar surface area (TPSA) is 245 Å². The molecular weight excluding hydrogens is 1050 g/mol. The summed E-state index contributed by atoms with van der Waals surface area (Å²) >= 11 is 0. The molecule has 81 heavy (non-hydrogen) atoms. The number of anilines is 1. The van der Waals surface area contributed by atoms with Gasteiger partial charge in [0.05, 0.1) is 66.0 Å². The van der Waals surface area contributed by atoms with Crippen LogP contribution in [0.15, 0.2) is 167 Å². The highest BCUT2D eigenvalue weighted by Crippen LogP contribution is 2.40. The number of aryl methyl sites for hydroxylation is 1. The first kappa shape index (κ1) is 60.4. The maximum atomic E-state index is 14.3. The standard InChI is InChI=1S/C60H57F3N6O12/c1-4-55(71)78-32-12-8-6-10-30-76-46-22-14-40(15-23-46)58(74)80-53-28-20-42(34-39(53)3)66-67-43-18-26-48(50(35-43)57(64)73)49-27-19-45(37-52(49)65-38-70)69-68-44-21-29-54(51(36-44)60(61,62)63)81-59(75)41-16-24-47(25-17-41)77-31-11-7-9-13-33-79-56(72)5-2/h4-5,14-29,34-38H,1-2,6-13,30-33H2,3H3,(H2,64,73)(H,65,70). The van der Waals surface area contributed by atoms with Gasteiger partial charge in [-0.3, -0.25) is 9.59 Å². The predicted octanol–water partition coefficient (Wildman–Crippen LogP) is 14.0. The van der Waals surface area contributed by atoms with Gasteiger partial charge in [-0.2, -0.15) is 33.6 Å². The van der Waals surface area contributed by atoms with Crippen LogP contribution >= 0.6 is 0 Å². The number of nitrogens with two attached hydrogens (primary N) is 1. The van der Waals surface area contributed by atoms with E-state index in [4.69, 9.17) is 34.2 Å². The van der Waals surface area contributed by atoms with E-state index in [9.17, 15) is 41.9 Å². The first-order valence-corrected chi connectivity index (χ1v) is 25.5. The van der Waals surface area contributed by atoms with E-state index in [0.717, 1.165) is 63.2 Å². The number of ether oxygens (including phenoxy) is 6. The molecule has 0 unspecified atom stereocenters. The second-order valence-corrected chi connectivity index (χ2v) is 17.7. The van der Waals surface area contributed by atoms with Gasteiger partial charge < -0.3 is 39.5 Å². The van der Waals surface area contributed by atoms with E-state index >= 15 is 0 Å². The van der Waals surface area contributed by atoms with E-state index < -0.39 is 47.3 Å². The summed E-state index contributed by atoms with van der Waals surface area (Å²) < 4.78 is 75.2. The zero-order valence-electron chi connectivity index (χ0n) is 44.1. The molecule has 0 spiro atoms. The second-order valence-electron chi connectivity index (χ2n) is 17.7. The Morgan fingerprint density at radius 3 is 1.44 bits per heavy atom. The summed E-state index contributed by atoms with van der Waals surface area (Å²) in [5, 5.41) is 19.1. The molecule has 18 nitrogen and oxygen atoms in total. The largest absolute Gasteiger partial charge is 0.494 e. The Kier molecular flexibility index (Phi) is 22.7. The van der Waals surface area contributed by atoms with Crippen molar-refractivity contribution in [1.29, 1.82) is 0 Å². The number of rotatable bonds is 30. The molecule has 0 saturated carbocycles. The van der Waals surface area contributed by atoms with Gasteiger partial charge in [-0.15, -0.1) is 0 Å². The molecule has 0 aliphatic carbocycles. The number of unbranched alkanes of at least 4 members (excludes halogenated alkanes) is 6. The lowest BCUT2D eigenvalue weighted by Crippen LogP contribution is -2.13. The van der Waals surface area contributed by atoms with E-state index in [0.29, 0.717) is 90.5 Å². The van der Waals surface area contributed by atoms with Gasteiger partial charge in [0.2, 0.25) is 12.3 Å². The SMILES string of the molecule is C=CC(=O)OCCCCCCOc1ccc(C(=O)Oc2ccc(N=Nc3ccc(-c4ccc(N=Nc5ccc(OC(=O)c6ccc(OCCCCCCOC(=O)C=C)cc6)c(C(F)(F)F)c5)cc4NC=O)c(C(N)=O)c3)cc2C)cc1. The third kappa shape index (κ3) is 19.0. The average molecular weight is 1110 g/mol. The first-order valence-electron chi connectivity index (χ1n) is 25.5. The number of azo groups is 2. The number of esters is 4. The number of amides is 2. The van der Waals surface area contributed by atoms with Crippen molar-refractivity contribution in [3.05, 3.63) is 174 Å². The monoisotopic (exact) mass is 1110 g/mol. The number of carbonyl (C=O) groups is 6. The van der Waals surface area contributed by atoms with Crippen molar-refractivity contribution in [3.8, 4) is 34.1 Å². The molecule has 3 N–H and O–H groups in total. The summed E-state index contributed by atoms with van der Waals surface area (Å²) in [6, 6.07) is 28.8. The summed E-state index contributed by atoms with van der Waals surface area (Å²) in [5.74, 6) is -2.78. The van der Waals surface area contributed by atoms with Crippen LogP contribution < -0.4 is 30.0 Å². The number of carbonyl (C=O) groups excluding carboxylic acids is 6. The summed E-state index contributed by atoms with van der Waals surface area (Å²) in [7, 11) is 0. The van der Waals surface area contributed by atoms with Crippen molar-refractivity contribution in [1.82, 2.24) is 0 Å². The zero-order chi connectivity index (χ0) is 58.2. The van der Waals surface area contributed by atoms with Crippen molar-refractivity contribution in [3.63, 3.8) is 0 Å². The molecule has 0 aliphatic rings. The van der Waals surface area contributed by atoms with Crippen molar-refractivity contribution in [2.75, 3.05) is 31.7 Å². The van der Waals surface area contributed by atoms with Crippen LogP contribution in [0.5, 0.6) is 23.0 Å². The number of hydrogen-bond acceptors (Lipinski definition) is 16. The van der Waals surface area contributed by atoms with Crippen molar-refractivity contribution < 1.29 is 70.4 Å². The van der Waals surface area contributed by atoms with Crippen LogP contribution in [0.3, 0.4) is 0 Å². The van der Waals surface area contributed by atoms with E-state index in [1.807, 2.05) is 0 Å². The Morgan fingerprint density at radius 1 is 0.543 bits per heavy atom. The van der Waals surface area contributed by atoms with Gasteiger partial charge in [0.1, 0.15) is 28.6 Å². The Morgan fingerprint density at radius 2 is 0.975 bits per heavy atom. The summed E-state index contributed by atoms with van der Waals surface area (Å²) in [5.41, 5.74) is 6.70. The van der Waals surface area contributed by atoms with E-state index in [1.54, 1.807) is 61.5 Å². The summed E-state index contributed by atoms with van der Waals surface area (Å²) in [6.45, 7) is 9.95. The number of benzene rings is 6. The van der Waals surface area contributed by atoms with Crippen LogP contribution in [0.1, 0.15) is 93.6 Å². The Hall–Kier alpha value is -9.79. The first-order chi connectivity index (χ1) is 39.0. The van der Waals surface area contributed by atoms with Gasteiger partial charge in [0, 0.05) is 23.3 Å². The van der Waals surface area contributed by atoms with E-state index in [-0.39, 0.29) is 33.9 Å². The minimum absolute atomic E-state index is 0.0123. The van der Waals surface area contributed by atoms with Gasteiger partial charge in [-0.05, 0) is 179 Å². The van der Waals surface area contributed by atoms with Gasteiger partial charge in [0.25, 0.3) is 0 Å². The molecule has 0 saturated heterocycles. The van der Waals surface area contributed by atoms with Crippen LogP contribution in [0, 0.1) is 6.92 Å². The van der Waals surface area contributed by atoms with Crippen LogP contribution in [0.25, 0.3) is 11.1 Å². The normalized spacial score (nSPS) is 11.2. The fourth-order valence-corrected chi connectivity index (χ4v) is 7.63. The Balaban J connectivity index is 1.04. The number of nitrogens with zero attached hydrogens (tertiary/aromatic N) is 4. The third-order valence-electron chi connectivity index (χ3n) is 11.8. The van der Waals surface area contributed by atoms with E-state index in [1.165, 1.54) is 54.6 Å². The number of nitrogens with one attached hydrogen (secondary N) is 1. The highest BCUT2D eigenvalue weighted by Gasteiger charge is 2.35. The van der Waals surface area contributed by atoms with Crippen LogP contribution in [0.2, 0.25) is 0 Å². The second kappa shape index (κ2) is 30.4. The van der Waals surface area contributed by atoms with Crippen LogP contribution in [0.4, 0.5) is 41.6 Å². The zero-order valence-corrected chi connectivity index (χ0v) is 44.1. The minimum Gasteiger partial charge on any atom is -0.494 e. The summed E-state index contributed by atoms with van der Waals surface area (Å²) in [4.78, 5) is 72.7. The number of halogens is 3. The Bertz CT molecular complexity index is 3270. The molecule has 0 heterocycles. The average Bonchev–Trinajstić information content (AvgIpc) is 3.61. The molecular formula is C60H57F3N6O12. The van der Waals surface area contributed by atoms with Crippen molar-refractivity contribution in [2.45, 2.75) is 64.5 Å². The molecule has 2 amide bonds. The molecule has 420 valence electrons. The molecule has 0 atom stereocenters. The van der Waals surface area contributed by atoms with Crippen LogP contribution in [-0.4, -0.2) is 62.6 Å². The number of primary amides is 1. The molecule has 0 fully saturated rings. The molecule has 21 heteroatoms. The van der Waals surface area contributed by atoms with Gasteiger partial charge in [0.15, 0.2) is 0 Å². The van der Waals surface area contributed by atoms with Crippen LogP contribution in [-0.2, 0) is 30.0 Å². The maximum Gasteiger partial charge on any atom is 0.420 e. The quantitative estimate of drug-likeness (QED) is 0.0107. The molecule has 0 aromatic heterocycles. The lowest BCUT2D eigenvalue weighted by atomic mass is 9.96. The molecule has 0 bridgehead atoms. The van der Waals surface area contributed by atoms with Gasteiger partial charge in [-0.1, -0.05) is 25.3 Å². The Labute approximate surface area is 464 Å². The number of hydrogen-bond donors (Lipinski definition) is 2. The lowest BCUT2D eigenvalue weighted by molar-refractivity contribution is -0.139. The molecule has 0 radical (unpaired) electrons. The molecule has 6 aromatic rings. The lowest BCUT2D eigenvalue weighted by Gasteiger charge is -2.14. The highest BCUT2D eigenvalue weighted by molar-refractivity contribution is 6.03. The maximum absolute atomic E-state index is 14.3. The van der Waals surface area contributed by atoms with Crippen molar-refractivity contribution in [2.24, 2.45) is 26.2 Å². The van der Waals surface area contributed by atoms with Crippen molar-refractivity contribution >= 4 is 64.6 Å². The van der Waals surface area contributed by atoms with E-state index in [2.05, 4.69) is 38.9 Å². The molecule has 6 aromatic carbocycles. The smallest absolute Gasteiger partial charge is 0.420 e. The predicted molar refractivity (Wildman–Crippen MR) is 294 cm³/mol. The molecule has 6 rings (SSSR count). The fraction of sp³-hybridized carbons (Fsp3) is 0.233. The fourth-order valence-electron chi connectivity index (χ4n) is 7.63. The highest BCUT2D eigenvalue weighted by atomic mass is 19.4. The van der Waals surface area contributed by atoms with Gasteiger partial charge in [-0.25, -0.2) is 19.2 Å². The third-order valence-corrected chi connectivity index (χ3v) is 11.8.